The first-order valence-corrected chi connectivity index (χ1v) is 8.45. The fourth-order valence-electron chi connectivity index (χ4n) is 2.91. The number of fused-ring (bicyclic) bond motifs is 2. The first-order valence-electron chi connectivity index (χ1n) is 8.45. The highest BCUT2D eigenvalue weighted by molar-refractivity contribution is 5.82. The molecule has 4 rings (SSSR count). The van der Waals surface area contributed by atoms with Gasteiger partial charge in [0, 0.05) is 0 Å². The molecule has 2 aromatic heterocycles. The molecule has 8 heteroatoms. The van der Waals surface area contributed by atoms with Gasteiger partial charge in [0.15, 0.2) is 0 Å². The fourth-order valence-corrected chi connectivity index (χ4v) is 2.91. The minimum atomic E-state index is -0.717. The van der Waals surface area contributed by atoms with Gasteiger partial charge in [0.05, 0.1) is 21.8 Å². The molecular weight excluding hydrogens is 364 g/mol. The highest BCUT2D eigenvalue weighted by Crippen LogP contribution is 2.15. The number of rotatable bonds is 0. The van der Waals surface area contributed by atoms with Crippen LogP contribution in [0, 0.1) is 27.7 Å². The number of aromatic nitrogens is 2. The molecular formula is C20H18N2O6. The van der Waals surface area contributed by atoms with Crippen molar-refractivity contribution in [2.75, 3.05) is 0 Å². The molecule has 2 N–H and O–H groups in total. The monoisotopic (exact) mass is 382 g/mol. The molecule has 0 amide bonds. The largest absolute Gasteiger partial charge is 0.419 e. The highest BCUT2D eigenvalue weighted by atomic mass is 16.4. The molecule has 0 spiro atoms. The van der Waals surface area contributed by atoms with E-state index < -0.39 is 22.8 Å². The van der Waals surface area contributed by atoms with E-state index in [1.807, 2.05) is 39.8 Å². The standard InChI is InChI=1S/2C10H9NO3/c2*1-5-3-4-7-8(6(5)2)9(12)14-10(13)11-7/h2*3-4H,1-2H3,(H,11,13). The van der Waals surface area contributed by atoms with Gasteiger partial charge in [-0.15, -0.1) is 0 Å². The second-order valence-corrected chi connectivity index (χ2v) is 6.46. The number of nitrogens with one attached hydrogen (secondary N) is 2. The van der Waals surface area contributed by atoms with Gasteiger partial charge in [0.25, 0.3) is 0 Å². The van der Waals surface area contributed by atoms with Crippen molar-refractivity contribution in [1.29, 1.82) is 0 Å². The lowest BCUT2D eigenvalue weighted by Gasteiger charge is -2.02. The molecule has 28 heavy (non-hydrogen) atoms. The van der Waals surface area contributed by atoms with Crippen LogP contribution < -0.4 is 22.8 Å². The average molecular weight is 382 g/mol. The van der Waals surface area contributed by atoms with Gasteiger partial charge < -0.3 is 8.83 Å². The summed E-state index contributed by atoms with van der Waals surface area (Å²) in [5.41, 5.74) is 3.56. The summed E-state index contributed by atoms with van der Waals surface area (Å²) in [6.45, 7) is 7.46. The van der Waals surface area contributed by atoms with Crippen LogP contribution in [-0.4, -0.2) is 9.97 Å². The smallest absolute Gasteiger partial charge is 0.372 e. The molecule has 0 unspecified atom stereocenters. The second kappa shape index (κ2) is 7.15. The van der Waals surface area contributed by atoms with E-state index in [4.69, 9.17) is 0 Å². The summed E-state index contributed by atoms with van der Waals surface area (Å²) >= 11 is 0. The molecule has 0 bridgehead atoms. The topological polar surface area (TPSA) is 126 Å². The summed E-state index contributed by atoms with van der Waals surface area (Å²) in [5.74, 6) is -1.43. The Bertz CT molecular complexity index is 1320. The molecule has 2 aromatic carbocycles. The Morgan fingerprint density at radius 1 is 0.607 bits per heavy atom. The van der Waals surface area contributed by atoms with E-state index in [0.29, 0.717) is 21.8 Å². The molecule has 0 saturated heterocycles. The van der Waals surface area contributed by atoms with Gasteiger partial charge in [-0.25, -0.2) is 19.2 Å². The van der Waals surface area contributed by atoms with Gasteiger partial charge in [-0.2, -0.15) is 0 Å². The van der Waals surface area contributed by atoms with Crippen LogP contribution >= 0.6 is 0 Å². The molecule has 0 aliphatic rings. The van der Waals surface area contributed by atoms with Gasteiger partial charge in [-0.05, 0) is 62.1 Å². The Hall–Kier alpha value is -3.68. The van der Waals surface area contributed by atoms with Gasteiger partial charge in [0.2, 0.25) is 0 Å². The quantitative estimate of drug-likeness (QED) is 0.480. The van der Waals surface area contributed by atoms with Crippen LogP contribution in [0.15, 0.2) is 52.3 Å². The van der Waals surface area contributed by atoms with Crippen LogP contribution in [0.25, 0.3) is 21.8 Å². The minimum absolute atomic E-state index is 0.449. The van der Waals surface area contributed by atoms with Crippen LogP contribution in [0.5, 0.6) is 0 Å². The Balaban J connectivity index is 0.000000161. The Morgan fingerprint density at radius 3 is 1.32 bits per heavy atom. The lowest BCUT2D eigenvalue weighted by molar-refractivity contribution is 0.459. The fraction of sp³-hybridized carbons (Fsp3) is 0.200. The third-order valence-corrected chi connectivity index (χ3v) is 4.72. The predicted octanol–water partition coefficient (Wildman–Crippen LogP) is 2.20. The van der Waals surface area contributed by atoms with Gasteiger partial charge in [-0.1, -0.05) is 12.1 Å². The number of aryl methyl sites for hydroxylation is 4. The lowest BCUT2D eigenvalue weighted by Crippen LogP contribution is -2.15. The summed E-state index contributed by atoms with van der Waals surface area (Å²) in [4.78, 5) is 49.5. The van der Waals surface area contributed by atoms with Crippen LogP contribution in [0.2, 0.25) is 0 Å². The van der Waals surface area contributed by atoms with Crippen molar-refractivity contribution in [3.63, 3.8) is 0 Å². The summed E-state index contributed by atoms with van der Waals surface area (Å²) in [5, 5.41) is 0.897. The zero-order valence-corrected chi connectivity index (χ0v) is 15.8. The van der Waals surface area contributed by atoms with Gasteiger partial charge in [-0.3, -0.25) is 9.97 Å². The second-order valence-electron chi connectivity index (χ2n) is 6.46. The molecule has 0 atom stereocenters. The van der Waals surface area contributed by atoms with E-state index in [1.54, 1.807) is 12.1 Å². The SMILES string of the molecule is Cc1ccc2[nH]c(=O)oc(=O)c2c1C.Cc1ccc2[nH]c(=O)oc(=O)c2c1C. The summed E-state index contributed by atoms with van der Waals surface area (Å²) in [7, 11) is 0. The Labute approximate surface area is 157 Å². The molecule has 0 saturated carbocycles. The molecule has 0 radical (unpaired) electrons. The van der Waals surface area contributed by atoms with E-state index in [2.05, 4.69) is 18.8 Å². The van der Waals surface area contributed by atoms with E-state index in [0.717, 1.165) is 22.3 Å². The molecule has 4 aromatic rings. The van der Waals surface area contributed by atoms with Crippen LogP contribution in [-0.2, 0) is 0 Å². The number of hydrogen-bond acceptors (Lipinski definition) is 6. The number of H-pyrrole nitrogens is 2. The number of benzene rings is 2. The first-order chi connectivity index (χ1) is 13.2. The molecule has 2 heterocycles. The van der Waals surface area contributed by atoms with E-state index >= 15 is 0 Å². The number of hydrogen-bond donors (Lipinski definition) is 2. The number of aromatic amines is 2. The molecule has 144 valence electrons. The van der Waals surface area contributed by atoms with Crippen molar-refractivity contribution in [3.05, 3.63) is 88.5 Å². The first kappa shape index (κ1) is 19.1. The maximum absolute atomic E-state index is 11.4. The summed E-state index contributed by atoms with van der Waals surface area (Å²) in [6.07, 6.45) is 0. The third kappa shape index (κ3) is 3.44. The normalized spacial score (nSPS) is 10.7. The van der Waals surface area contributed by atoms with Crippen molar-refractivity contribution < 1.29 is 8.83 Å². The maximum atomic E-state index is 11.4. The van der Waals surface area contributed by atoms with Crippen molar-refractivity contribution in [2.24, 2.45) is 0 Å². The molecule has 0 aliphatic heterocycles. The van der Waals surface area contributed by atoms with E-state index in [-0.39, 0.29) is 0 Å². The molecule has 0 aliphatic carbocycles. The molecule has 8 nitrogen and oxygen atoms in total. The minimum Gasteiger partial charge on any atom is -0.372 e. The zero-order chi connectivity index (χ0) is 20.6. The van der Waals surface area contributed by atoms with Gasteiger partial charge in [0.1, 0.15) is 0 Å². The highest BCUT2D eigenvalue weighted by Gasteiger charge is 2.07. The summed E-state index contributed by atoms with van der Waals surface area (Å²) < 4.78 is 8.92. The van der Waals surface area contributed by atoms with Crippen LogP contribution in [0.1, 0.15) is 22.3 Å². The zero-order valence-electron chi connectivity index (χ0n) is 15.8. The summed E-state index contributed by atoms with van der Waals surface area (Å²) in [6, 6.07) is 7.12. The maximum Gasteiger partial charge on any atom is 0.419 e. The van der Waals surface area contributed by atoms with Crippen molar-refractivity contribution in [3.8, 4) is 0 Å². The average Bonchev–Trinajstić information content (AvgIpc) is 2.61. The Morgan fingerprint density at radius 2 is 0.964 bits per heavy atom. The van der Waals surface area contributed by atoms with E-state index in [9.17, 15) is 19.2 Å². The molecule has 0 fully saturated rings. The van der Waals surface area contributed by atoms with Crippen molar-refractivity contribution >= 4 is 21.8 Å². The van der Waals surface area contributed by atoms with E-state index in [1.165, 1.54) is 0 Å². The Kier molecular flexibility index (Phi) is 4.87. The van der Waals surface area contributed by atoms with Crippen LogP contribution in [0.3, 0.4) is 0 Å². The predicted molar refractivity (Wildman–Crippen MR) is 105 cm³/mol. The van der Waals surface area contributed by atoms with Crippen molar-refractivity contribution in [2.45, 2.75) is 27.7 Å². The van der Waals surface area contributed by atoms with Crippen molar-refractivity contribution in [1.82, 2.24) is 9.97 Å². The lowest BCUT2D eigenvalue weighted by atomic mass is 10.1. The third-order valence-electron chi connectivity index (χ3n) is 4.72. The van der Waals surface area contributed by atoms with Crippen LogP contribution in [0.4, 0.5) is 0 Å². The van der Waals surface area contributed by atoms with Gasteiger partial charge >= 0.3 is 22.8 Å².